The Balaban J connectivity index is 1.29. The van der Waals surface area contributed by atoms with Gasteiger partial charge in [-0.2, -0.15) is 0 Å². The van der Waals surface area contributed by atoms with Gasteiger partial charge < -0.3 is 14.1 Å². The van der Waals surface area contributed by atoms with E-state index in [1.807, 2.05) is 47.4 Å². The molecule has 1 aromatic carbocycles. The molecule has 0 saturated carbocycles. The summed E-state index contributed by atoms with van der Waals surface area (Å²) in [5.74, 6) is 1.72. The largest absolute Gasteiger partial charge is 0.489 e. The molecule has 0 bridgehead atoms. The number of hydrogen-bond donors (Lipinski definition) is 0. The van der Waals surface area contributed by atoms with Crippen LogP contribution in [0.4, 0.5) is 0 Å². The Kier molecular flexibility index (Phi) is 6.12. The summed E-state index contributed by atoms with van der Waals surface area (Å²) < 4.78 is 11.6. The monoisotopic (exact) mass is 380 g/mol. The van der Waals surface area contributed by atoms with E-state index in [9.17, 15) is 4.79 Å². The lowest BCUT2D eigenvalue weighted by atomic mass is 10.1. The van der Waals surface area contributed by atoms with Crippen molar-refractivity contribution in [1.29, 1.82) is 0 Å². The molecule has 0 aliphatic carbocycles. The third-order valence-electron chi connectivity index (χ3n) is 5.53. The first-order chi connectivity index (χ1) is 13.8. The number of para-hydroxylation sites is 1. The summed E-state index contributed by atoms with van der Waals surface area (Å²) in [6, 6.07) is 11.5. The lowest BCUT2D eigenvalue weighted by molar-refractivity contribution is 0.0772. The molecule has 0 radical (unpaired) electrons. The van der Waals surface area contributed by atoms with Gasteiger partial charge in [-0.1, -0.05) is 18.2 Å². The van der Waals surface area contributed by atoms with Crippen LogP contribution in [0.1, 0.15) is 41.8 Å². The molecule has 148 valence electrons. The molecular formula is C23H28N2O3. The van der Waals surface area contributed by atoms with Gasteiger partial charge in [-0.3, -0.25) is 9.69 Å². The van der Waals surface area contributed by atoms with E-state index < -0.39 is 0 Å². The van der Waals surface area contributed by atoms with E-state index in [1.165, 1.54) is 0 Å². The number of benzene rings is 1. The quantitative estimate of drug-likeness (QED) is 0.758. The molecule has 1 amide bonds. The Morgan fingerprint density at radius 2 is 1.86 bits per heavy atom. The van der Waals surface area contributed by atoms with Crippen molar-refractivity contribution in [1.82, 2.24) is 9.80 Å². The van der Waals surface area contributed by atoms with Crippen molar-refractivity contribution in [2.75, 3.05) is 32.7 Å². The fourth-order valence-electron chi connectivity index (χ4n) is 3.93. The second-order valence-corrected chi connectivity index (χ2v) is 7.53. The van der Waals surface area contributed by atoms with Crippen molar-refractivity contribution in [3.05, 3.63) is 60.1 Å². The van der Waals surface area contributed by atoms with Crippen LogP contribution in [0.5, 0.6) is 5.75 Å². The maximum Gasteiger partial charge on any atom is 0.257 e. The van der Waals surface area contributed by atoms with Crippen molar-refractivity contribution in [2.45, 2.75) is 31.8 Å². The molecule has 2 fully saturated rings. The SMILES string of the molecule is O=C(c1ccccc1OC1CCN(CC=Cc2ccco2)CC1)N1CCCC1. The molecule has 28 heavy (non-hydrogen) atoms. The van der Waals surface area contributed by atoms with Gasteiger partial charge in [0.25, 0.3) is 5.91 Å². The van der Waals surface area contributed by atoms with E-state index in [-0.39, 0.29) is 12.0 Å². The molecule has 2 aliphatic rings. The van der Waals surface area contributed by atoms with Crippen LogP contribution in [0, 0.1) is 0 Å². The van der Waals surface area contributed by atoms with E-state index >= 15 is 0 Å². The van der Waals surface area contributed by atoms with Gasteiger partial charge >= 0.3 is 0 Å². The third kappa shape index (κ3) is 4.65. The number of nitrogens with zero attached hydrogens (tertiary/aromatic N) is 2. The van der Waals surface area contributed by atoms with E-state index in [0.717, 1.165) is 69.9 Å². The Morgan fingerprint density at radius 1 is 1.07 bits per heavy atom. The van der Waals surface area contributed by atoms with Gasteiger partial charge in [0.2, 0.25) is 0 Å². The Labute approximate surface area is 166 Å². The molecule has 5 nitrogen and oxygen atoms in total. The van der Waals surface area contributed by atoms with Crippen molar-refractivity contribution in [3.63, 3.8) is 0 Å². The average Bonchev–Trinajstić information content (AvgIpc) is 3.44. The lowest BCUT2D eigenvalue weighted by Crippen LogP contribution is -2.38. The molecule has 0 N–H and O–H groups in total. The van der Waals surface area contributed by atoms with Gasteiger partial charge in [0.15, 0.2) is 0 Å². The van der Waals surface area contributed by atoms with Gasteiger partial charge in [0.05, 0.1) is 11.8 Å². The zero-order chi connectivity index (χ0) is 19.2. The minimum Gasteiger partial charge on any atom is -0.489 e. The highest BCUT2D eigenvalue weighted by Gasteiger charge is 2.25. The summed E-state index contributed by atoms with van der Waals surface area (Å²) in [5.41, 5.74) is 0.702. The fraction of sp³-hybridized carbons (Fsp3) is 0.435. The minimum atomic E-state index is 0.105. The summed E-state index contributed by atoms with van der Waals surface area (Å²) in [4.78, 5) is 17.2. The highest BCUT2D eigenvalue weighted by atomic mass is 16.5. The zero-order valence-electron chi connectivity index (χ0n) is 16.3. The van der Waals surface area contributed by atoms with Crippen molar-refractivity contribution in [3.8, 4) is 5.75 Å². The van der Waals surface area contributed by atoms with Gasteiger partial charge in [-0.15, -0.1) is 0 Å². The highest BCUT2D eigenvalue weighted by Crippen LogP contribution is 2.25. The van der Waals surface area contributed by atoms with Gasteiger partial charge in [0, 0.05) is 32.7 Å². The first kappa shape index (κ1) is 18.8. The first-order valence-corrected chi connectivity index (χ1v) is 10.3. The van der Waals surface area contributed by atoms with Crippen LogP contribution >= 0.6 is 0 Å². The van der Waals surface area contributed by atoms with Crippen LogP contribution in [-0.2, 0) is 0 Å². The molecule has 2 saturated heterocycles. The molecular weight excluding hydrogens is 352 g/mol. The zero-order valence-corrected chi connectivity index (χ0v) is 16.3. The van der Waals surface area contributed by atoms with Crippen molar-refractivity contribution in [2.24, 2.45) is 0 Å². The smallest absolute Gasteiger partial charge is 0.257 e. The number of carbonyl (C=O) groups is 1. The highest BCUT2D eigenvalue weighted by molar-refractivity contribution is 5.97. The average molecular weight is 380 g/mol. The molecule has 2 aromatic rings. The number of amides is 1. The van der Waals surface area contributed by atoms with Gasteiger partial charge in [-0.05, 0) is 56.0 Å². The number of furan rings is 1. The molecule has 5 heteroatoms. The molecule has 0 unspecified atom stereocenters. The molecule has 0 atom stereocenters. The summed E-state index contributed by atoms with van der Waals surface area (Å²) >= 11 is 0. The van der Waals surface area contributed by atoms with Crippen LogP contribution in [0.25, 0.3) is 6.08 Å². The normalized spacial score (nSPS) is 18.8. The molecule has 1 aromatic heterocycles. The van der Waals surface area contributed by atoms with Crippen molar-refractivity contribution < 1.29 is 13.9 Å². The second kappa shape index (κ2) is 9.11. The first-order valence-electron chi connectivity index (χ1n) is 10.3. The standard InChI is InChI=1S/C23H28N2O3/c26-23(25-14-3-4-15-25)21-9-1-2-10-22(21)28-20-11-16-24(17-12-20)13-5-7-19-8-6-18-27-19/h1-2,5-10,18,20H,3-4,11-17H2. The van der Waals surface area contributed by atoms with Gasteiger partial charge in [-0.25, -0.2) is 0 Å². The van der Waals surface area contributed by atoms with Crippen LogP contribution in [0.3, 0.4) is 0 Å². The summed E-state index contributed by atoms with van der Waals surface area (Å²) in [5, 5.41) is 0. The van der Waals surface area contributed by atoms with Gasteiger partial charge in [0.1, 0.15) is 17.6 Å². The summed E-state index contributed by atoms with van der Waals surface area (Å²) in [7, 11) is 0. The summed E-state index contributed by atoms with van der Waals surface area (Å²) in [6.07, 6.45) is 10.2. The number of carbonyl (C=O) groups excluding carboxylic acids is 1. The summed E-state index contributed by atoms with van der Waals surface area (Å²) in [6.45, 7) is 4.62. The van der Waals surface area contributed by atoms with Crippen LogP contribution in [-0.4, -0.2) is 54.5 Å². The van der Waals surface area contributed by atoms with E-state index in [1.54, 1.807) is 6.26 Å². The number of hydrogen-bond acceptors (Lipinski definition) is 4. The number of rotatable bonds is 6. The molecule has 4 rings (SSSR count). The van der Waals surface area contributed by atoms with Crippen LogP contribution in [0.15, 0.2) is 53.2 Å². The van der Waals surface area contributed by atoms with E-state index in [0.29, 0.717) is 5.56 Å². The van der Waals surface area contributed by atoms with Crippen LogP contribution in [0.2, 0.25) is 0 Å². The maximum atomic E-state index is 12.8. The maximum absolute atomic E-state index is 12.8. The number of ether oxygens (including phenoxy) is 1. The molecule has 0 spiro atoms. The predicted molar refractivity (Wildman–Crippen MR) is 109 cm³/mol. The Bertz CT molecular complexity index is 786. The Morgan fingerprint density at radius 3 is 2.61 bits per heavy atom. The molecule has 2 aliphatic heterocycles. The second-order valence-electron chi connectivity index (χ2n) is 7.53. The molecule has 3 heterocycles. The third-order valence-corrected chi connectivity index (χ3v) is 5.53. The predicted octanol–water partition coefficient (Wildman–Crippen LogP) is 4.07. The number of likely N-dealkylation sites (tertiary alicyclic amines) is 2. The topological polar surface area (TPSA) is 45.9 Å². The Hall–Kier alpha value is -2.53. The fourth-order valence-corrected chi connectivity index (χ4v) is 3.93. The number of piperidine rings is 1. The van der Waals surface area contributed by atoms with E-state index in [2.05, 4.69) is 11.0 Å². The van der Waals surface area contributed by atoms with Crippen LogP contribution < -0.4 is 4.74 Å². The minimum absolute atomic E-state index is 0.105. The van der Waals surface area contributed by atoms with E-state index in [4.69, 9.17) is 9.15 Å². The van der Waals surface area contributed by atoms with Crippen molar-refractivity contribution >= 4 is 12.0 Å². The lowest BCUT2D eigenvalue weighted by Gasteiger charge is -2.32.